The molecule has 2 aliphatic heterocycles. The van der Waals surface area contributed by atoms with Crippen LogP contribution in [-0.4, -0.2) is 48.7 Å². The van der Waals surface area contributed by atoms with Gasteiger partial charge < -0.3 is 20.7 Å². The van der Waals surface area contributed by atoms with E-state index >= 15 is 0 Å². The number of piperidine rings is 1. The average Bonchev–Trinajstić information content (AvgIpc) is 2.80. The van der Waals surface area contributed by atoms with Gasteiger partial charge in [0, 0.05) is 31.5 Å². The third-order valence-electron chi connectivity index (χ3n) is 5.63. The molecular weight excluding hydrogens is 402 g/mol. The smallest absolute Gasteiger partial charge is 0.229 e. The van der Waals surface area contributed by atoms with Gasteiger partial charge in [-0.1, -0.05) is 17.7 Å². The van der Waals surface area contributed by atoms with E-state index in [4.69, 9.17) is 21.3 Å². The van der Waals surface area contributed by atoms with Crippen LogP contribution in [0, 0.1) is 11.8 Å². The van der Waals surface area contributed by atoms with E-state index in [0.29, 0.717) is 23.3 Å². The fourth-order valence-corrected chi connectivity index (χ4v) is 4.11. The van der Waals surface area contributed by atoms with Gasteiger partial charge in [0.25, 0.3) is 0 Å². The Labute approximate surface area is 182 Å². The lowest BCUT2D eigenvalue weighted by atomic mass is 9.99. The molecule has 0 bridgehead atoms. The number of nitrogens with zero attached hydrogens (tertiary/aromatic N) is 2. The number of pyridine rings is 2. The van der Waals surface area contributed by atoms with Crippen LogP contribution < -0.4 is 16.0 Å². The van der Waals surface area contributed by atoms with E-state index < -0.39 is 0 Å². The minimum absolute atomic E-state index is 0.0129. The SMILES string of the molecule is O=C(Nc1cc(-c2cccc(NCC3CCCOC3)n2)c(Cl)cn1)C1CCCNC1. The largest absolute Gasteiger partial charge is 0.381 e. The summed E-state index contributed by atoms with van der Waals surface area (Å²) in [4.78, 5) is 21.5. The second-order valence-corrected chi connectivity index (χ2v) is 8.36. The highest BCUT2D eigenvalue weighted by Crippen LogP contribution is 2.29. The van der Waals surface area contributed by atoms with Crippen molar-refractivity contribution in [3.8, 4) is 11.3 Å². The van der Waals surface area contributed by atoms with Crippen LogP contribution in [0.4, 0.5) is 11.6 Å². The Morgan fingerprint density at radius 1 is 1.27 bits per heavy atom. The molecule has 4 rings (SSSR count). The highest BCUT2D eigenvalue weighted by Gasteiger charge is 2.21. The van der Waals surface area contributed by atoms with E-state index in [0.717, 1.165) is 62.6 Å². The number of carbonyl (C=O) groups excluding carboxylic acids is 1. The van der Waals surface area contributed by atoms with E-state index in [1.807, 2.05) is 18.2 Å². The molecule has 160 valence electrons. The summed E-state index contributed by atoms with van der Waals surface area (Å²) in [5.74, 6) is 1.74. The number of rotatable bonds is 6. The van der Waals surface area contributed by atoms with Crippen LogP contribution in [0.2, 0.25) is 5.02 Å². The van der Waals surface area contributed by atoms with Crippen molar-refractivity contribution >= 4 is 29.1 Å². The summed E-state index contributed by atoms with van der Waals surface area (Å²) in [6.07, 6.45) is 5.74. The zero-order valence-electron chi connectivity index (χ0n) is 17.0. The number of nitrogens with one attached hydrogen (secondary N) is 3. The predicted octanol–water partition coefficient (Wildman–Crippen LogP) is 3.57. The predicted molar refractivity (Wildman–Crippen MR) is 119 cm³/mol. The molecule has 2 aromatic rings. The maximum Gasteiger partial charge on any atom is 0.229 e. The Kier molecular flexibility index (Phi) is 7.15. The topological polar surface area (TPSA) is 88.2 Å². The number of ether oxygens (including phenoxy) is 1. The summed E-state index contributed by atoms with van der Waals surface area (Å²) in [7, 11) is 0. The number of carbonyl (C=O) groups is 1. The monoisotopic (exact) mass is 429 g/mol. The number of halogens is 1. The Balaban J connectivity index is 1.45. The van der Waals surface area contributed by atoms with Crippen LogP contribution >= 0.6 is 11.6 Å². The van der Waals surface area contributed by atoms with Gasteiger partial charge in [0.15, 0.2) is 0 Å². The molecule has 1 amide bonds. The van der Waals surface area contributed by atoms with Crippen molar-refractivity contribution in [1.29, 1.82) is 0 Å². The third kappa shape index (κ3) is 5.47. The van der Waals surface area contributed by atoms with E-state index in [2.05, 4.69) is 20.9 Å². The van der Waals surface area contributed by atoms with Crippen molar-refractivity contribution in [2.75, 3.05) is 43.5 Å². The fraction of sp³-hybridized carbons (Fsp3) is 0.500. The van der Waals surface area contributed by atoms with Crippen LogP contribution in [0.1, 0.15) is 25.7 Å². The summed E-state index contributed by atoms with van der Waals surface area (Å²) >= 11 is 6.40. The van der Waals surface area contributed by atoms with Crippen molar-refractivity contribution < 1.29 is 9.53 Å². The van der Waals surface area contributed by atoms with Crippen LogP contribution in [-0.2, 0) is 9.53 Å². The van der Waals surface area contributed by atoms with Gasteiger partial charge in [-0.05, 0) is 56.3 Å². The molecule has 0 aliphatic carbocycles. The summed E-state index contributed by atoms with van der Waals surface area (Å²) in [6, 6.07) is 7.59. The lowest BCUT2D eigenvalue weighted by Crippen LogP contribution is -2.37. The molecule has 8 heteroatoms. The number of hydrogen-bond acceptors (Lipinski definition) is 6. The first kappa shape index (κ1) is 21.0. The van der Waals surface area contributed by atoms with E-state index in [1.54, 1.807) is 12.3 Å². The van der Waals surface area contributed by atoms with Crippen LogP contribution in [0.5, 0.6) is 0 Å². The molecule has 4 heterocycles. The second-order valence-electron chi connectivity index (χ2n) is 7.95. The van der Waals surface area contributed by atoms with Crippen molar-refractivity contribution in [3.63, 3.8) is 0 Å². The quantitative estimate of drug-likeness (QED) is 0.650. The maximum absolute atomic E-state index is 12.5. The molecule has 2 unspecified atom stereocenters. The van der Waals surface area contributed by atoms with Gasteiger partial charge >= 0.3 is 0 Å². The fourth-order valence-electron chi connectivity index (χ4n) is 3.91. The molecule has 0 aromatic carbocycles. The van der Waals surface area contributed by atoms with Crippen LogP contribution in [0.25, 0.3) is 11.3 Å². The minimum atomic E-state index is -0.0332. The molecule has 0 saturated carbocycles. The summed E-state index contributed by atoms with van der Waals surface area (Å²) in [5.41, 5.74) is 1.48. The Hall–Kier alpha value is -2.22. The Morgan fingerprint density at radius 3 is 3.00 bits per heavy atom. The van der Waals surface area contributed by atoms with Gasteiger partial charge in [-0.2, -0.15) is 0 Å². The van der Waals surface area contributed by atoms with Gasteiger partial charge in [-0.3, -0.25) is 4.79 Å². The molecule has 2 aromatic heterocycles. The summed E-state index contributed by atoms with van der Waals surface area (Å²) in [5, 5.41) is 10.1. The number of hydrogen-bond donors (Lipinski definition) is 3. The van der Waals surface area contributed by atoms with Gasteiger partial charge in [0.1, 0.15) is 11.6 Å². The van der Waals surface area contributed by atoms with E-state index in [1.165, 1.54) is 6.42 Å². The number of aromatic nitrogens is 2. The average molecular weight is 430 g/mol. The van der Waals surface area contributed by atoms with Crippen molar-refractivity contribution in [2.24, 2.45) is 11.8 Å². The van der Waals surface area contributed by atoms with Crippen LogP contribution in [0.3, 0.4) is 0 Å². The lowest BCUT2D eigenvalue weighted by Gasteiger charge is -2.22. The molecule has 2 saturated heterocycles. The molecule has 0 radical (unpaired) electrons. The van der Waals surface area contributed by atoms with Crippen molar-refractivity contribution in [3.05, 3.63) is 35.5 Å². The first-order valence-corrected chi connectivity index (χ1v) is 11.0. The summed E-state index contributed by atoms with van der Waals surface area (Å²) < 4.78 is 5.54. The zero-order valence-corrected chi connectivity index (χ0v) is 17.8. The molecule has 0 spiro atoms. The molecule has 2 fully saturated rings. The van der Waals surface area contributed by atoms with Gasteiger partial charge in [0.2, 0.25) is 5.91 Å². The lowest BCUT2D eigenvalue weighted by molar-refractivity contribution is -0.120. The van der Waals surface area contributed by atoms with E-state index in [9.17, 15) is 4.79 Å². The van der Waals surface area contributed by atoms with Crippen LogP contribution in [0.15, 0.2) is 30.5 Å². The molecule has 3 N–H and O–H groups in total. The molecule has 7 nitrogen and oxygen atoms in total. The minimum Gasteiger partial charge on any atom is -0.381 e. The molecule has 2 atom stereocenters. The van der Waals surface area contributed by atoms with Gasteiger partial charge in [0.05, 0.1) is 23.2 Å². The Morgan fingerprint density at radius 2 is 2.20 bits per heavy atom. The van der Waals surface area contributed by atoms with Crippen molar-refractivity contribution in [2.45, 2.75) is 25.7 Å². The normalized spacial score (nSPS) is 21.8. The van der Waals surface area contributed by atoms with Gasteiger partial charge in [-0.15, -0.1) is 0 Å². The highest BCUT2D eigenvalue weighted by molar-refractivity contribution is 6.33. The first-order valence-electron chi connectivity index (χ1n) is 10.7. The molecule has 2 aliphatic rings. The molecular formula is C22H28ClN5O2. The Bertz CT molecular complexity index is 866. The second kappa shape index (κ2) is 10.2. The number of amides is 1. The standard InChI is InChI=1S/C22H28ClN5O2/c23-18-13-26-21(28-22(29)16-5-2-8-24-12-16)10-17(18)19-6-1-7-20(27-19)25-11-15-4-3-9-30-14-15/h1,6-7,10,13,15-16,24H,2-5,8-9,11-12,14H2,(H,25,27)(H,26,28,29). The maximum atomic E-state index is 12.5. The third-order valence-corrected chi connectivity index (χ3v) is 5.93. The first-order chi connectivity index (χ1) is 14.7. The van der Waals surface area contributed by atoms with E-state index in [-0.39, 0.29) is 11.8 Å². The number of anilines is 2. The molecule has 30 heavy (non-hydrogen) atoms. The zero-order chi connectivity index (χ0) is 20.8. The van der Waals surface area contributed by atoms with Crippen molar-refractivity contribution in [1.82, 2.24) is 15.3 Å². The summed E-state index contributed by atoms with van der Waals surface area (Å²) in [6.45, 7) is 4.16. The van der Waals surface area contributed by atoms with Gasteiger partial charge in [-0.25, -0.2) is 9.97 Å². The highest BCUT2D eigenvalue weighted by atomic mass is 35.5.